The largest absolute Gasteiger partial charge is 0.390 e. The molecule has 0 atom stereocenters. The zero-order chi connectivity index (χ0) is 9.30. The van der Waals surface area contributed by atoms with Crippen LogP contribution >= 0.6 is 11.3 Å². The van der Waals surface area contributed by atoms with Gasteiger partial charge >= 0.3 is 0 Å². The van der Waals surface area contributed by atoms with E-state index in [1.807, 2.05) is 19.2 Å². The van der Waals surface area contributed by atoms with Crippen LogP contribution in [0.5, 0.6) is 0 Å². The SMILES string of the molecule is CC(C)c1csc(N)c1C(N)=O. The van der Waals surface area contributed by atoms with Crippen LogP contribution in [-0.2, 0) is 0 Å². The smallest absolute Gasteiger partial charge is 0.251 e. The van der Waals surface area contributed by atoms with Crippen molar-refractivity contribution in [2.75, 3.05) is 5.73 Å². The van der Waals surface area contributed by atoms with E-state index in [-0.39, 0.29) is 0 Å². The maximum Gasteiger partial charge on any atom is 0.251 e. The molecule has 0 aliphatic heterocycles. The molecule has 1 amide bonds. The topological polar surface area (TPSA) is 69.1 Å². The minimum absolute atomic E-state index is 0.293. The number of carbonyl (C=O) groups excluding carboxylic acids is 1. The molecule has 0 saturated carbocycles. The standard InChI is InChI=1S/C8H12N2OS/c1-4(2)5-3-12-8(10)6(5)7(9)11/h3-4H,10H2,1-2H3,(H2,9,11). The van der Waals surface area contributed by atoms with Crippen molar-refractivity contribution < 1.29 is 4.79 Å². The third-order valence-corrected chi connectivity index (χ3v) is 2.55. The Kier molecular flexibility index (Phi) is 2.38. The monoisotopic (exact) mass is 184 g/mol. The Hall–Kier alpha value is -1.03. The molecule has 0 aliphatic carbocycles. The highest BCUT2D eigenvalue weighted by Crippen LogP contribution is 2.29. The second-order valence-electron chi connectivity index (χ2n) is 2.95. The maximum atomic E-state index is 11.0. The third-order valence-electron chi connectivity index (χ3n) is 1.72. The summed E-state index contributed by atoms with van der Waals surface area (Å²) in [7, 11) is 0. The lowest BCUT2D eigenvalue weighted by Crippen LogP contribution is -2.14. The van der Waals surface area contributed by atoms with Crippen LogP contribution < -0.4 is 11.5 Å². The number of anilines is 1. The summed E-state index contributed by atoms with van der Waals surface area (Å²) in [5.41, 5.74) is 12.2. The van der Waals surface area contributed by atoms with Gasteiger partial charge in [-0.3, -0.25) is 4.79 Å². The van der Waals surface area contributed by atoms with E-state index in [0.717, 1.165) is 5.56 Å². The van der Waals surface area contributed by atoms with Gasteiger partial charge in [0.1, 0.15) is 0 Å². The average Bonchev–Trinajstić information content (AvgIpc) is 2.30. The minimum atomic E-state index is -0.433. The summed E-state index contributed by atoms with van der Waals surface area (Å²) in [5, 5.41) is 2.41. The van der Waals surface area contributed by atoms with Crippen molar-refractivity contribution in [3.05, 3.63) is 16.5 Å². The van der Waals surface area contributed by atoms with E-state index >= 15 is 0 Å². The molecule has 1 heterocycles. The molecule has 0 fully saturated rings. The van der Waals surface area contributed by atoms with Gasteiger partial charge in [0.05, 0.1) is 10.6 Å². The Bertz CT molecular complexity index is 304. The second-order valence-corrected chi connectivity index (χ2v) is 3.86. The van der Waals surface area contributed by atoms with Crippen molar-refractivity contribution in [3.8, 4) is 0 Å². The Morgan fingerprint density at radius 2 is 2.17 bits per heavy atom. The van der Waals surface area contributed by atoms with E-state index in [1.165, 1.54) is 11.3 Å². The van der Waals surface area contributed by atoms with Crippen molar-refractivity contribution in [1.29, 1.82) is 0 Å². The van der Waals surface area contributed by atoms with Crippen LogP contribution in [0.25, 0.3) is 0 Å². The summed E-state index contributed by atoms with van der Waals surface area (Å²) in [4.78, 5) is 11.0. The van der Waals surface area contributed by atoms with E-state index in [4.69, 9.17) is 11.5 Å². The number of hydrogen-bond donors (Lipinski definition) is 2. The number of thiophene rings is 1. The van der Waals surface area contributed by atoms with Gasteiger partial charge in [-0.05, 0) is 16.9 Å². The predicted octanol–water partition coefficient (Wildman–Crippen LogP) is 1.55. The molecule has 4 heteroatoms. The van der Waals surface area contributed by atoms with Gasteiger partial charge in [-0.25, -0.2) is 0 Å². The third kappa shape index (κ3) is 1.43. The molecular formula is C8H12N2OS. The Labute approximate surface area is 75.4 Å². The van der Waals surface area contributed by atoms with E-state index in [9.17, 15) is 4.79 Å². The normalized spacial score (nSPS) is 10.6. The Morgan fingerprint density at radius 1 is 1.58 bits per heavy atom. The number of nitrogen functional groups attached to an aromatic ring is 1. The molecule has 0 radical (unpaired) electrons. The highest BCUT2D eigenvalue weighted by Gasteiger charge is 2.16. The first kappa shape index (κ1) is 9.06. The summed E-state index contributed by atoms with van der Waals surface area (Å²) in [6.07, 6.45) is 0. The molecule has 0 unspecified atom stereocenters. The summed E-state index contributed by atoms with van der Waals surface area (Å²) in [6, 6.07) is 0. The van der Waals surface area contributed by atoms with Crippen LogP contribution in [0, 0.1) is 0 Å². The zero-order valence-electron chi connectivity index (χ0n) is 7.13. The Morgan fingerprint density at radius 3 is 2.50 bits per heavy atom. The lowest BCUT2D eigenvalue weighted by Gasteiger charge is -2.03. The molecule has 0 saturated heterocycles. The molecule has 0 aliphatic rings. The van der Waals surface area contributed by atoms with Gasteiger partial charge in [-0.2, -0.15) is 0 Å². The van der Waals surface area contributed by atoms with Gasteiger partial charge in [0.2, 0.25) is 0 Å². The number of primary amides is 1. The van der Waals surface area contributed by atoms with Crippen LogP contribution in [0.4, 0.5) is 5.00 Å². The molecule has 1 aromatic heterocycles. The average molecular weight is 184 g/mol. The maximum absolute atomic E-state index is 11.0. The van der Waals surface area contributed by atoms with Crippen molar-refractivity contribution >= 4 is 22.2 Å². The fraction of sp³-hybridized carbons (Fsp3) is 0.375. The molecule has 1 aromatic rings. The van der Waals surface area contributed by atoms with E-state index in [1.54, 1.807) is 0 Å². The van der Waals surface area contributed by atoms with Gasteiger partial charge in [-0.15, -0.1) is 11.3 Å². The molecule has 0 spiro atoms. The van der Waals surface area contributed by atoms with Gasteiger partial charge in [0.25, 0.3) is 5.91 Å². The first-order valence-electron chi connectivity index (χ1n) is 3.70. The van der Waals surface area contributed by atoms with Gasteiger partial charge < -0.3 is 11.5 Å². The lowest BCUT2D eigenvalue weighted by atomic mass is 10.0. The number of amides is 1. The summed E-state index contributed by atoms with van der Waals surface area (Å²) in [5.74, 6) is -0.140. The first-order chi connectivity index (χ1) is 5.54. The van der Waals surface area contributed by atoms with Crippen LogP contribution in [0.2, 0.25) is 0 Å². The molecule has 1 rings (SSSR count). The van der Waals surface area contributed by atoms with Crippen LogP contribution in [-0.4, -0.2) is 5.91 Å². The second kappa shape index (κ2) is 3.15. The number of nitrogens with two attached hydrogens (primary N) is 2. The van der Waals surface area contributed by atoms with E-state index in [2.05, 4.69) is 0 Å². The van der Waals surface area contributed by atoms with E-state index < -0.39 is 5.91 Å². The highest BCUT2D eigenvalue weighted by molar-refractivity contribution is 7.14. The summed E-state index contributed by atoms with van der Waals surface area (Å²) in [6.45, 7) is 4.02. The van der Waals surface area contributed by atoms with Crippen molar-refractivity contribution in [2.24, 2.45) is 5.73 Å². The summed E-state index contributed by atoms with van der Waals surface area (Å²) >= 11 is 1.36. The van der Waals surface area contributed by atoms with Crippen molar-refractivity contribution in [3.63, 3.8) is 0 Å². The van der Waals surface area contributed by atoms with Gasteiger partial charge in [0.15, 0.2) is 0 Å². The molecule has 4 N–H and O–H groups in total. The van der Waals surface area contributed by atoms with Crippen LogP contribution in [0.1, 0.15) is 35.7 Å². The van der Waals surface area contributed by atoms with Crippen LogP contribution in [0.15, 0.2) is 5.38 Å². The molecular weight excluding hydrogens is 172 g/mol. The first-order valence-corrected chi connectivity index (χ1v) is 4.58. The van der Waals surface area contributed by atoms with E-state index in [0.29, 0.717) is 16.5 Å². The van der Waals surface area contributed by atoms with Gasteiger partial charge in [0, 0.05) is 0 Å². The molecule has 66 valence electrons. The quantitative estimate of drug-likeness (QED) is 0.732. The number of hydrogen-bond acceptors (Lipinski definition) is 3. The highest BCUT2D eigenvalue weighted by atomic mass is 32.1. The number of carbonyl (C=O) groups is 1. The molecule has 0 aromatic carbocycles. The predicted molar refractivity (Wildman–Crippen MR) is 51.3 cm³/mol. The fourth-order valence-corrected chi connectivity index (χ4v) is 2.06. The zero-order valence-corrected chi connectivity index (χ0v) is 7.94. The lowest BCUT2D eigenvalue weighted by molar-refractivity contribution is 0.100. The molecule has 12 heavy (non-hydrogen) atoms. The fourth-order valence-electron chi connectivity index (χ4n) is 1.08. The van der Waals surface area contributed by atoms with Crippen molar-refractivity contribution in [1.82, 2.24) is 0 Å². The molecule has 0 bridgehead atoms. The van der Waals surface area contributed by atoms with Crippen LogP contribution in [0.3, 0.4) is 0 Å². The summed E-state index contributed by atoms with van der Waals surface area (Å²) < 4.78 is 0. The molecule has 3 nitrogen and oxygen atoms in total. The van der Waals surface area contributed by atoms with Crippen molar-refractivity contribution in [2.45, 2.75) is 19.8 Å². The minimum Gasteiger partial charge on any atom is -0.390 e. The van der Waals surface area contributed by atoms with Gasteiger partial charge in [-0.1, -0.05) is 13.8 Å². The Balaban J connectivity index is 3.21. The number of rotatable bonds is 2.